The summed E-state index contributed by atoms with van der Waals surface area (Å²) in [7, 11) is 0. The minimum Gasteiger partial charge on any atom is -0.309 e. The molecule has 0 aliphatic carbocycles. The molecule has 0 saturated heterocycles. The minimum atomic E-state index is -2.41. The number of nitrogens with zero attached hydrogens (tertiary/aromatic N) is 2. The zero-order valence-corrected chi connectivity index (χ0v) is 36.9. The van der Waals surface area contributed by atoms with E-state index < -0.39 is 115 Å². The van der Waals surface area contributed by atoms with Gasteiger partial charge in [0, 0.05) is 58.7 Å². The predicted molar refractivity (Wildman–Crippen MR) is 248 cm³/mol. The Morgan fingerprint density at radius 3 is 1.04 bits per heavy atom. The Morgan fingerprint density at radius 1 is 0.292 bits per heavy atom. The van der Waals surface area contributed by atoms with Crippen LogP contribution < -0.4 is 0 Å². The maximum Gasteiger partial charge on any atom is 0.200 e. The van der Waals surface area contributed by atoms with E-state index in [4.69, 9.17) is 0 Å². The van der Waals surface area contributed by atoms with Gasteiger partial charge in [0.15, 0.2) is 69.8 Å². The number of halogens is 14. The maximum absolute atomic E-state index is 15.6. The van der Waals surface area contributed by atoms with Crippen LogP contribution in [0.25, 0.3) is 109 Å². The molecule has 72 heavy (non-hydrogen) atoms. The molecule has 0 bridgehead atoms. The van der Waals surface area contributed by atoms with Gasteiger partial charge in [-0.05, 0) is 102 Å². The highest BCUT2D eigenvalue weighted by Gasteiger charge is 2.30. The van der Waals surface area contributed by atoms with Crippen LogP contribution in [0.2, 0.25) is 0 Å². The second kappa shape index (κ2) is 15.9. The summed E-state index contributed by atoms with van der Waals surface area (Å²) in [5, 5.41) is 2.41. The fourth-order valence-corrected chi connectivity index (χ4v) is 10.8. The van der Waals surface area contributed by atoms with Crippen molar-refractivity contribution in [3.63, 3.8) is 0 Å². The van der Waals surface area contributed by atoms with Crippen LogP contribution in [0, 0.1) is 88.4 Å². The molecule has 0 spiro atoms. The molecule has 3 aromatic heterocycles. The second-order valence-corrected chi connectivity index (χ2v) is 18.1. The topological polar surface area (TPSA) is 9.86 Å². The van der Waals surface area contributed by atoms with Crippen molar-refractivity contribution in [3.05, 3.63) is 202 Å². The van der Waals surface area contributed by atoms with Crippen LogP contribution in [0.1, 0.15) is 5.56 Å². The molecule has 0 unspecified atom stereocenters. The Hall–Kier alpha value is -8.18. The number of thiophene rings is 1. The first kappa shape index (κ1) is 45.0. The SMILES string of the molecule is Cc1c(F)c(F)c(-c2ccc3c(c2)c2cc(-c4c(F)c(F)c(F)c(F)c4F)ccc2n3-c2ccc3c(c2)c2cc(-c4c(F)c(F)c(F)c(F)c4F)ccc2n3-c2ccc3sc4ccccc4c3c2)c(F)c1F. The van der Waals surface area contributed by atoms with Gasteiger partial charge in [-0.15, -0.1) is 11.3 Å². The Bertz CT molecular complexity index is 4200. The Labute approximate surface area is 398 Å². The number of aromatic nitrogens is 2. The zero-order chi connectivity index (χ0) is 50.5. The fraction of sp³-hybridized carbons (Fsp3) is 0.0182. The lowest BCUT2D eigenvalue weighted by Gasteiger charge is -2.12. The van der Waals surface area contributed by atoms with E-state index in [1.165, 1.54) is 30.3 Å². The van der Waals surface area contributed by atoms with Gasteiger partial charge < -0.3 is 9.13 Å². The van der Waals surface area contributed by atoms with E-state index in [0.717, 1.165) is 51.4 Å². The smallest absolute Gasteiger partial charge is 0.200 e. The summed E-state index contributed by atoms with van der Waals surface area (Å²) in [5.41, 5.74) is -3.82. The molecular formula is C55H22F14N2S. The van der Waals surface area contributed by atoms with Gasteiger partial charge in [0.2, 0.25) is 11.6 Å². The van der Waals surface area contributed by atoms with Gasteiger partial charge in [0.05, 0.1) is 38.8 Å². The summed E-state index contributed by atoms with van der Waals surface area (Å²) < 4.78 is 215. The highest BCUT2D eigenvalue weighted by Crippen LogP contribution is 2.44. The molecule has 0 saturated carbocycles. The monoisotopic (exact) mass is 1010 g/mol. The predicted octanol–water partition coefficient (Wildman–Crippen LogP) is 17.5. The number of fused-ring (bicyclic) bond motifs is 9. The Balaban J connectivity index is 1.15. The van der Waals surface area contributed by atoms with E-state index in [0.29, 0.717) is 22.1 Å². The van der Waals surface area contributed by atoms with E-state index in [1.807, 2.05) is 47.0 Å². The molecule has 0 aliphatic heterocycles. The van der Waals surface area contributed by atoms with Crippen LogP contribution in [-0.4, -0.2) is 9.13 Å². The van der Waals surface area contributed by atoms with Gasteiger partial charge in [-0.2, -0.15) is 0 Å². The summed E-state index contributed by atoms with van der Waals surface area (Å²) in [6.45, 7) is 0.830. The standard InChI is InChI=1S/C55H22F14N2S/c1-21-42(56)44(58)39(45(59)43(21)57)22-6-11-33-28(16-22)29-17-23(40-46(60)50(64)54(68)51(65)47(40)61)7-12-34(29)70(33)25-9-14-36-31(19-25)30-18-24(41-48(62)52(66)55(69)53(67)49(41)63)8-13-35(30)71(36)26-10-15-38-32(20-26)27-4-2-3-5-37(27)72-38/h2-20H,1H3. The Kier molecular flexibility index (Phi) is 9.94. The first-order valence-corrected chi connectivity index (χ1v) is 22.2. The minimum absolute atomic E-state index is 0.000769. The molecule has 0 N–H and O–H groups in total. The first-order chi connectivity index (χ1) is 34.5. The van der Waals surface area contributed by atoms with Gasteiger partial charge in [-0.3, -0.25) is 0 Å². The van der Waals surface area contributed by atoms with Gasteiger partial charge >= 0.3 is 0 Å². The molecule has 3 heterocycles. The van der Waals surface area contributed by atoms with Crippen molar-refractivity contribution < 1.29 is 61.5 Å². The van der Waals surface area contributed by atoms with Crippen LogP contribution in [0.5, 0.6) is 0 Å². The van der Waals surface area contributed by atoms with E-state index in [-0.39, 0.29) is 38.4 Å². The quantitative estimate of drug-likeness (QED) is 0.0924. The molecule has 0 aliphatic rings. The zero-order valence-electron chi connectivity index (χ0n) is 36.1. The van der Waals surface area contributed by atoms with Crippen molar-refractivity contribution in [2.24, 2.45) is 0 Å². The lowest BCUT2D eigenvalue weighted by molar-refractivity contribution is 0.381. The number of hydrogen-bond donors (Lipinski definition) is 0. The highest BCUT2D eigenvalue weighted by atomic mass is 32.1. The Morgan fingerprint density at radius 2 is 0.611 bits per heavy atom. The fourth-order valence-electron chi connectivity index (χ4n) is 9.76. The van der Waals surface area contributed by atoms with Gasteiger partial charge in [0.25, 0.3) is 0 Å². The first-order valence-electron chi connectivity index (χ1n) is 21.4. The van der Waals surface area contributed by atoms with Gasteiger partial charge in [0.1, 0.15) is 0 Å². The highest BCUT2D eigenvalue weighted by molar-refractivity contribution is 7.25. The third kappa shape index (κ3) is 6.21. The molecule has 356 valence electrons. The van der Waals surface area contributed by atoms with E-state index >= 15 is 26.3 Å². The van der Waals surface area contributed by atoms with E-state index in [1.54, 1.807) is 34.1 Å². The third-order valence-electron chi connectivity index (χ3n) is 13.2. The number of benzene rings is 9. The summed E-state index contributed by atoms with van der Waals surface area (Å²) in [6.07, 6.45) is 0. The normalized spacial score (nSPS) is 12.1. The lowest BCUT2D eigenvalue weighted by atomic mass is 9.98. The van der Waals surface area contributed by atoms with Crippen molar-refractivity contribution in [1.29, 1.82) is 0 Å². The largest absolute Gasteiger partial charge is 0.309 e. The van der Waals surface area contributed by atoms with Crippen LogP contribution in [0.3, 0.4) is 0 Å². The van der Waals surface area contributed by atoms with E-state index in [9.17, 15) is 35.1 Å². The third-order valence-corrected chi connectivity index (χ3v) is 14.3. The van der Waals surface area contributed by atoms with Crippen molar-refractivity contribution in [1.82, 2.24) is 9.13 Å². The van der Waals surface area contributed by atoms with Crippen molar-refractivity contribution >= 4 is 75.1 Å². The molecule has 9 aromatic carbocycles. The van der Waals surface area contributed by atoms with Crippen LogP contribution >= 0.6 is 11.3 Å². The number of hydrogen-bond acceptors (Lipinski definition) is 1. The second-order valence-electron chi connectivity index (χ2n) is 17.0. The molecule has 17 heteroatoms. The summed E-state index contributed by atoms with van der Waals surface area (Å²) >= 11 is 1.56. The average Bonchev–Trinajstić information content (AvgIpc) is 4.04. The van der Waals surface area contributed by atoms with Crippen LogP contribution in [0.4, 0.5) is 61.5 Å². The summed E-state index contributed by atoms with van der Waals surface area (Å²) in [5.74, 6) is -28.9. The van der Waals surface area contributed by atoms with E-state index in [2.05, 4.69) is 0 Å². The summed E-state index contributed by atoms with van der Waals surface area (Å²) in [4.78, 5) is 0. The van der Waals surface area contributed by atoms with Crippen molar-refractivity contribution in [2.75, 3.05) is 0 Å². The molecule has 0 amide bonds. The van der Waals surface area contributed by atoms with Crippen molar-refractivity contribution in [2.45, 2.75) is 6.92 Å². The van der Waals surface area contributed by atoms with Gasteiger partial charge in [-0.1, -0.05) is 36.4 Å². The molecule has 0 radical (unpaired) electrons. The molecule has 0 atom stereocenters. The molecule has 2 nitrogen and oxygen atoms in total. The lowest BCUT2D eigenvalue weighted by Crippen LogP contribution is -2.04. The maximum atomic E-state index is 15.6. The van der Waals surface area contributed by atoms with Gasteiger partial charge in [-0.25, -0.2) is 61.5 Å². The summed E-state index contributed by atoms with van der Waals surface area (Å²) in [6, 6.07) is 29.2. The number of rotatable bonds is 5. The molecule has 12 rings (SSSR count). The molecule has 0 fully saturated rings. The average molecular weight is 1010 g/mol. The van der Waals surface area contributed by atoms with Crippen LogP contribution in [-0.2, 0) is 0 Å². The van der Waals surface area contributed by atoms with Crippen LogP contribution in [0.15, 0.2) is 115 Å². The van der Waals surface area contributed by atoms with Crippen molar-refractivity contribution in [3.8, 4) is 44.8 Å². The molecular weight excluding hydrogens is 987 g/mol. The molecule has 12 aromatic rings.